The lowest BCUT2D eigenvalue weighted by molar-refractivity contribution is -0.146. The van der Waals surface area contributed by atoms with E-state index in [9.17, 15) is 4.79 Å². The molecule has 0 aromatic rings. The van der Waals surface area contributed by atoms with Gasteiger partial charge in [-0.2, -0.15) is 0 Å². The second kappa shape index (κ2) is 7.58. The first-order valence-electron chi connectivity index (χ1n) is 4.42. The van der Waals surface area contributed by atoms with Crippen LogP contribution in [0.5, 0.6) is 0 Å². The fourth-order valence-electron chi connectivity index (χ4n) is 1.50. The normalized spacial score (nSPS) is 16.7. The number of rotatable bonds is 1. The van der Waals surface area contributed by atoms with E-state index in [1.807, 2.05) is 0 Å². The minimum absolute atomic E-state index is 0.0142. The minimum atomic E-state index is -0.250. The van der Waals surface area contributed by atoms with Gasteiger partial charge < -0.3 is 9.84 Å². The summed E-state index contributed by atoms with van der Waals surface area (Å²) in [6.45, 7) is -0.250. The van der Waals surface area contributed by atoms with E-state index in [1.54, 1.807) is 0 Å². The molecule has 1 fully saturated rings. The Kier molecular flexibility index (Phi) is 6.96. The summed E-state index contributed by atoms with van der Waals surface area (Å²) in [4.78, 5) is 19.3. The van der Waals surface area contributed by atoms with Crippen molar-refractivity contribution in [1.82, 2.24) is 0 Å². The van der Waals surface area contributed by atoms with E-state index in [2.05, 4.69) is 4.74 Å². The first kappa shape index (κ1) is 11.9. The minimum Gasteiger partial charge on any atom is -0.483 e. The van der Waals surface area contributed by atoms with Gasteiger partial charge in [0.05, 0.1) is 13.0 Å². The Hall–Kier alpha value is -1.06. The molecule has 0 aromatic heterocycles. The molecule has 76 valence electrons. The monoisotopic (exact) mass is 188 g/mol. The summed E-state index contributed by atoms with van der Waals surface area (Å²) in [5.74, 6) is 0.193. The highest BCUT2D eigenvalue weighted by atomic mass is 16.5. The highest BCUT2D eigenvalue weighted by Gasteiger charge is 2.20. The molecule has 1 aliphatic rings. The van der Waals surface area contributed by atoms with Gasteiger partial charge in [-0.05, 0) is 12.8 Å². The molecule has 0 amide bonds. The maximum Gasteiger partial charge on any atom is 0.308 e. The molecule has 4 heteroatoms. The number of hydrogen-bond acceptors (Lipinski definition) is 3. The van der Waals surface area contributed by atoms with Crippen LogP contribution >= 0.6 is 0 Å². The van der Waals surface area contributed by atoms with Crippen LogP contribution in [0, 0.1) is 5.92 Å². The molecule has 0 atom stereocenters. The van der Waals surface area contributed by atoms with Crippen LogP contribution in [0.15, 0.2) is 0 Å². The average Bonchev–Trinajstić information content (AvgIpc) is 2.19. The van der Waals surface area contributed by atoms with Crippen LogP contribution in [-0.2, 0) is 14.3 Å². The number of carbonyl (C=O) groups is 2. The van der Waals surface area contributed by atoms with E-state index in [1.165, 1.54) is 26.4 Å². The molecule has 0 radical (unpaired) electrons. The zero-order chi connectivity index (χ0) is 10.1. The maximum absolute atomic E-state index is 10.9. The molecule has 0 bridgehead atoms. The lowest BCUT2D eigenvalue weighted by atomic mass is 9.89. The van der Waals surface area contributed by atoms with E-state index in [4.69, 9.17) is 9.90 Å². The van der Waals surface area contributed by atoms with E-state index in [-0.39, 0.29) is 18.4 Å². The fourth-order valence-corrected chi connectivity index (χ4v) is 1.50. The van der Waals surface area contributed by atoms with Crippen LogP contribution in [0.2, 0.25) is 0 Å². The predicted octanol–water partition coefficient (Wildman–Crippen LogP) is 1.44. The number of hydrogen-bond donors (Lipinski definition) is 1. The van der Waals surface area contributed by atoms with Crippen molar-refractivity contribution in [2.24, 2.45) is 5.92 Å². The number of carbonyl (C=O) groups excluding carboxylic acids is 1. The molecular weight excluding hydrogens is 172 g/mol. The summed E-state index contributed by atoms with van der Waals surface area (Å²) in [7, 11) is 1.47. The highest BCUT2D eigenvalue weighted by molar-refractivity contribution is 5.72. The standard InChI is InChI=1S/C8H14O2.CH2O2/c1-10-8(9)7-5-3-2-4-6-7;2-1-3/h7H,2-6H2,1H3;1H,(H,2,3). The molecule has 1 N–H and O–H groups in total. The number of ether oxygens (including phenoxy) is 1. The van der Waals surface area contributed by atoms with Crippen LogP contribution in [0.3, 0.4) is 0 Å². The van der Waals surface area contributed by atoms with Crippen LogP contribution in [-0.4, -0.2) is 24.7 Å². The van der Waals surface area contributed by atoms with Gasteiger partial charge in [-0.3, -0.25) is 9.59 Å². The van der Waals surface area contributed by atoms with Crippen molar-refractivity contribution in [3.05, 3.63) is 0 Å². The van der Waals surface area contributed by atoms with Crippen LogP contribution in [0.4, 0.5) is 0 Å². The van der Waals surface area contributed by atoms with E-state index in [0.29, 0.717) is 0 Å². The van der Waals surface area contributed by atoms with Gasteiger partial charge in [-0.15, -0.1) is 0 Å². The zero-order valence-corrected chi connectivity index (χ0v) is 7.86. The third-order valence-electron chi connectivity index (χ3n) is 2.14. The topological polar surface area (TPSA) is 63.6 Å². The first-order chi connectivity index (χ1) is 6.26. The number of methoxy groups -OCH3 is 1. The summed E-state index contributed by atoms with van der Waals surface area (Å²) in [5, 5.41) is 6.89. The molecule has 0 aromatic carbocycles. The molecule has 0 unspecified atom stereocenters. The van der Waals surface area contributed by atoms with Crippen molar-refractivity contribution in [2.45, 2.75) is 32.1 Å². The van der Waals surface area contributed by atoms with E-state index >= 15 is 0 Å². The second-order valence-corrected chi connectivity index (χ2v) is 2.96. The third-order valence-corrected chi connectivity index (χ3v) is 2.14. The van der Waals surface area contributed by atoms with Crippen molar-refractivity contribution in [3.8, 4) is 0 Å². The van der Waals surface area contributed by atoms with Crippen molar-refractivity contribution in [1.29, 1.82) is 0 Å². The Morgan fingerprint density at radius 3 is 2.23 bits per heavy atom. The van der Waals surface area contributed by atoms with Crippen LogP contribution < -0.4 is 0 Å². The molecule has 1 aliphatic carbocycles. The van der Waals surface area contributed by atoms with Crippen LogP contribution in [0.25, 0.3) is 0 Å². The summed E-state index contributed by atoms with van der Waals surface area (Å²) in [6.07, 6.45) is 5.74. The zero-order valence-electron chi connectivity index (χ0n) is 7.86. The van der Waals surface area contributed by atoms with Gasteiger partial charge in [0, 0.05) is 0 Å². The lowest BCUT2D eigenvalue weighted by Gasteiger charge is -2.18. The van der Waals surface area contributed by atoms with Gasteiger partial charge in [0.15, 0.2) is 0 Å². The van der Waals surface area contributed by atoms with E-state index < -0.39 is 0 Å². The molecular formula is C9H16O4. The van der Waals surface area contributed by atoms with Crippen molar-refractivity contribution in [2.75, 3.05) is 7.11 Å². The third kappa shape index (κ3) is 5.22. The van der Waals surface area contributed by atoms with Gasteiger partial charge >= 0.3 is 5.97 Å². The molecule has 0 aliphatic heterocycles. The molecule has 13 heavy (non-hydrogen) atoms. The molecule has 1 rings (SSSR count). The summed E-state index contributed by atoms with van der Waals surface area (Å²) < 4.78 is 4.65. The Morgan fingerprint density at radius 2 is 1.85 bits per heavy atom. The Bertz CT molecular complexity index is 150. The van der Waals surface area contributed by atoms with Gasteiger partial charge in [-0.25, -0.2) is 0 Å². The maximum atomic E-state index is 10.9. The molecule has 1 saturated carbocycles. The second-order valence-electron chi connectivity index (χ2n) is 2.96. The fraction of sp³-hybridized carbons (Fsp3) is 0.778. The summed E-state index contributed by atoms with van der Waals surface area (Å²) in [5.41, 5.74) is 0. The summed E-state index contributed by atoms with van der Waals surface area (Å²) in [6, 6.07) is 0. The average molecular weight is 188 g/mol. The van der Waals surface area contributed by atoms with Crippen LogP contribution in [0.1, 0.15) is 32.1 Å². The molecule has 0 heterocycles. The van der Waals surface area contributed by atoms with Gasteiger partial charge in [-0.1, -0.05) is 19.3 Å². The first-order valence-corrected chi connectivity index (χ1v) is 4.42. The van der Waals surface area contributed by atoms with Gasteiger partial charge in [0.1, 0.15) is 0 Å². The van der Waals surface area contributed by atoms with Gasteiger partial charge in [0.25, 0.3) is 6.47 Å². The quantitative estimate of drug-likeness (QED) is 0.499. The van der Waals surface area contributed by atoms with Crippen molar-refractivity contribution in [3.63, 3.8) is 0 Å². The predicted molar refractivity (Wildman–Crippen MR) is 47.3 cm³/mol. The van der Waals surface area contributed by atoms with Crippen molar-refractivity contribution >= 4 is 12.4 Å². The Labute approximate surface area is 77.9 Å². The number of esters is 1. The molecule has 4 nitrogen and oxygen atoms in total. The summed E-state index contributed by atoms with van der Waals surface area (Å²) >= 11 is 0. The molecule has 0 spiro atoms. The van der Waals surface area contributed by atoms with Gasteiger partial charge in [0.2, 0.25) is 0 Å². The SMILES string of the molecule is COC(=O)C1CCCCC1.O=CO. The van der Waals surface area contributed by atoms with Crippen molar-refractivity contribution < 1.29 is 19.4 Å². The number of carboxylic acid groups (broad SMARTS) is 1. The Balaban J connectivity index is 0.000000424. The largest absolute Gasteiger partial charge is 0.483 e. The lowest BCUT2D eigenvalue weighted by Crippen LogP contribution is -2.18. The Morgan fingerprint density at radius 1 is 1.38 bits per heavy atom. The molecule has 0 saturated heterocycles. The smallest absolute Gasteiger partial charge is 0.308 e. The van der Waals surface area contributed by atoms with E-state index in [0.717, 1.165) is 12.8 Å². The highest BCUT2D eigenvalue weighted by Crippen LogP contribution is 2.24.